The van der Waals surface area contributed by atoms with Gasteiger partial charge in [-0.2, -0.15) is 11.8 Å². The summed E-state index contributed by atoms with van der Waals surface area (Å²) in [6.07, 6.45) is 3.56. The molecule has 1 N–H and O–H groups in total. The van der Waals surface area contributed by atoms with Crippen LogP contribution >= 0.6 is 11.8 Å². The van der Waals surface area contributed by atoms with Gasteiger partial charge in [-0.05, 0) is 43.4 Å². The van der Waals surface area contributed by atoms with Crippen LogP contribution in [0.15, 0.2) is 18.2 Å². The zero-order valence-corrected chi connectivity index (χ0v) is 10.1. The summed E-state index contributed by atoms with van der Waals surface area (Å²) in [5, 5.41) is 11.6. The SMILES string of the molecule is OC1(c2ccc(F)c(F)c2)CC2CCC(C1)S2. The molecule has 0 aliphatic carbocycles. The fourth-order valence-corrected chi connectivity index (χ4v) is 4.77. The lowest BCUT2D eigenvalue weighted by atomic mass is 9.86. The standard InChI is InChI=1S/C13H14F2OS/c14-11-4-1-8(5-12(11)15)13(16)6-9-2-3-10(7-13)17-9/h1,4-5,9-10,16H,2-3,6-7H2. The second-order valence-corrected chi connectivity index (χ2v) is 6.63. The molecule has 2 fully saturated rings. The predicted molar refractivity (Wildman–Crippen MR) is 63.9 cm³/mol. The highest BCUT2D eigenvalue weighted by Gasteiger charge is 2.44. The van der Waals surface area contributed by atoms with Crippen LogP contribution in [0.1, 0.15) is 31.2 Å². The molecular formula is C13H14F2OS. The Morgan fingerprint density at radius 1 is 1.12 bits per heavy atom. The Kier molecular flexibility index (Phi) is 2.67. The van der Waals surface area contributed by atoms with Crippen LogP contribution in [0.25, 0.3) is 0 Å². The summed E-state index contributed by atoms with van der Waals surface area (Å²) in [5.41, 5.74) is -0.445. The maximum atomic E-state index is 13.2. The Morgan fingerprint density at radius 3 is 2.35 bits per heavy atom. The van der Waals surface area contributed by atoms with Crippen molar-refractivity contribution in [2.75, 3.05) is 0 Å². The maximum Gasteiger partial charge on any atom is 0.159 e. The van der Waals surface area contributed by atoms with Gasteiger partial charge in [0.1, 0.15) is 0 Å². The summed E-state index contributed by atoms with van der Waals surface area (Å²) in [6, 6.07) is 3.75. The van der Waals surface area contributed by atoms with Crippen molar-refractivity contribution in [2.24, 2.45) is 0 Å². The van der Waals surface area contributed by atoms with Crippen LogP contribution in [-0.4, -0.2) is 15.6 Å². The van der Waals surface area contributed by atoms with E-state index in [-0.39, 0.29) is 0 Å². The van der Waals surface area contributed by atoms with E-state index in [1.165, 1.54) is 6.07 Å². The Labute approximate surface area is 103 Å². The zero-order valence-electron chi connectivity index (χ0n) is 9.33. The molecule has 3 rings (SSSR count). The van der Waals surface area contributed by atoms with Crippen LogP contribution in [0.2, 0.25) is 0 Å². The van der Waals surface area contributed by atoms with Crippen LogP contribution in [0.4, 0.5) is 8.78 Å². The maximum absolute atomic E-state index is 13.2. The number of halogens is 2. The molecule has 92 valence electrons. The Morgan fingerprint density at radius 2 is 1.76 bits per heavy atom. The van der Waals surface area contributed by atoms with E-state index < -0.39 is 17.2 Å². The molecule has 2 aliphatic rings. The van der Waals surface area contributed by atoms with Gasteiger partial charge in [0.15, 0.2) is 11.6 Å². The van der Waals surface area contributed by atoms with Crippen molar-refractivity contribution in [2.45, 2.75) is 41.8 Å². The van der Waals surface area contributed by atoms with Gasteiger partial charge in [0.2, 0.25) is 0 Å². The quantitative estimate of drug-likeness (QED) is 0.832. The lowest BCUT2D eigenvalue weighted by Crippen LogP contribution is -2.34. The first-order chi connectivity index (χ1) is 8.07. The highest BCUT2D eigenvalue weighted by Crippen LogP contribution is 2.51. The molecular weight excluding hydrogens is 242 g/mol. The zero-order chi connectivity index (χ0) is 12.0. The van der Waals surface area contributed by atoms with E-state index in [1.54, 1.807) is 0 Å². The van der Waals surface area contributed by atoms with E-state index in [0.29, 0.717) is 28.9 Å². The van der Waals surface area contributed by atoms with Crippen LogP contribution in [0.5, 0.6) is 0 Å². The predicted octanol–water partition coefficient (Wildman–Crippen LogP) is 3.21. The van der Waals surface area contributed by atoms with Gasteiger partial charge in [0.05, 0.1) is 5.60 Å². The van der Waals surface area contributed by atoms with Gasteiger partial charge in [-0.15, -0.1) is 0 Å². The lowest BCUT2D eigenvalue weighted by molar-refractivity contribution is 0.0192. The molecule has 2 bridgehead atoms. The van der Waals surface area contributed by atoms with Crippen LogP contribution in [-0.2, 0) is 5.60 Å². The van der Waals surface area contributed by atoms with Crippen LogP contribution < -0.4 is 0 Å². The second-order valence-electron chi connectivity index (χ2n) is 5.03. The Bertz CT molecular complexity index is 437. The smallest absolute Gasteiger partial charge is 0.159 e. The second kappa shape index (κ2) is 3.95. The molecule has 17 heavy (non-hydrogen) atoms. The van der Waals surface area contributed by atoms with E-state index >= 15 is 0 Å². The average molecular weight is 256 g/mol. The first-order valence-corrected chi connectivity index (χ1v) is 6.84. The van der Waals surface area contributed by atoms with Gasteiger partial charge in [0.25, 0.3) is 0 Å². The molecule has 4 heteroatoms. The summed E-state index contributed by atoms with van der Waals surface area (Å²) in [5.74, 6) is -1.73. The third kappa shape index (κ3) is 1.97. The topological polar surface area (TPSA) is 20.2 Å². The third-order valence-electron chi connectivity index (χ3n) is 3.78. The number of thioether (sulfide) groups is 1. The molecule has 2 aliphatic heterocycles. The molecule has 2 atom stereocenters. The van der Waals surface area contributed by atoms with Crippen molar-refractivity contribution < 1.29 is 13.9 Å². The average Bonchev–Trinajstić information content (AvgIpc) is 2.62. The number of aliphatic hydroxyl groups is 1. The molecule has 2 saturated heterocycles. The summed E-state index contributed by atoms with van der Waals surface area (Å²) in [6.45, 7) is 0. The van der Waals surface area contributed by atoms with Gasteiger partial charge in [-0.3, -0.25) is 0 Å². The summed E-state index contributed by atoms with van der Waals surface area (Å²) in [4.78, 5) is 0. The van der Waals surface area contributed by atoms with Gasteiger partial charge in [0, 0.05) is 10.5 Å². The highest BCUT2D eigenvalue weighted by molar-refractivity contribution is 8.00. The number of fused-ring (bicyclic) bond motifs is 2. The van der Waals surface area contributed by atoms with E-state index in [2.05, 4.69) is 0 Å². The minimum atomic E-state index is -0.967. The Hall–Kier alpha value is -0.610. The summed E-state index contributed by atoms with van der Waals surface area (Å²) >= 11 is 1.93. The molecule has 0 saturated carbocycles. The molecule has 0 radical (unpaired) electrons. The first kappa shape index (κ1) is 11.5. The molecule has 0 spiro atoms. The Balaban J connectivity index is 1.94. The molecule has 1 nitrogen and oxygen atoms in total. The molecule has 0 aromatic heterocycles. The fraction of sp³-hybridized carbons (Fsp3) is 0.538. The summed E-state index contributed by atoms with van der Waals surface area (Å²) < 4.78 is 26.1. The molecule has 0 amide bonds. The van der Waals surface area contributed by atoms with E-state index in [9.17, 15) is 13.9 Å². The van der Waals surface area contributed by atoms with Crippen molar-refractivity contribution >= 4 is 11.8 Å². The van der Waals surface area contributed by atoms with Gasteiger partial charge in [-0.1, -0.05) is 6.07 Å². The minimum absolute atomic E-state index is 0.465. The third-order valence-corrected chi connectivity index (χ3v) is 5.36. The van der Waals surface area contributed by atoms with Crippen LogP contribution in [0.3, 0.4) is 0 Å². The lowest BCUT2D eigenvalue weighted by Gasteiger charge is -2.36. The van der Waals surface area contributed by atoms with Gasteiger partial charge < -0.3 is 5.11 Å². The monoisotopic (exact) mass is 256 g/mol. The van der Waals surface area contributed by atoms with Crippen molar-refractivity contribution in [3.8, 4) is 0 Å². The number of hydrogen-bond donors (Lipinski definition) is 1. The largest absolute Gasteiger partial charge is 0.385 e. The van der Waals surface area contributed by atoms with Crippen LogP contribution in [0, 0.1) is 11.6 Å². The molecule has 1 aromatic rings. The minimum Gasteiger partial charge on any atom is -0.385 e. The number of benzene rings is 1. The van der Waals surface area contributed by atoms with Gasteiger partial charge in [-0.25, -0.2) is 8.78 Å². The van der Waals surface area contributed by atoms with E-state index in [1.807, 2.05) is 11.8 Å². The number of hydrogen-bond acceptors (Lipinski definition) is 2. The number of rotatable bonds is 1. The van der Waals surface area contributed by atoms with Crippen molar-refractivity contribution in [1.82, 2.24) is 0 Å². The van der Waals surface area contributed by atoms with Crippen molar-refractivity contribution in [3.05, 3.63) is 35.4 Å². The molecule has 1 aromatic carbocycles. The summed E-state index contributed by atoms with van der Waals surface area (Å²) in [7, 11) is 0. The fourth-order valence-electron chi connectivity index (χ4n) is 2.94. The normalized spacial score (nSPS) is 36.2. The molecule has 2 heterocycles. The van der Waals surface area contributed by atoms with Crippen molar-refractivity contribution in [3.63, 3.8) is 0 Å². The highest BCUT2D eigenvalue weighted by atomic mass is 32.2. The van der Waals surface area contributed by atoms with Gasteiger partial charge >= 0.3 is 0 Å². The van der Waals surface area contributed by atoms with E-state index in [0.717, 1.165) is 25.0 Å². The molecule has 2 unspecified atom stereocenters. The van der Waals surface area contributed by atoms with Crippen molar-refractivity contribution in [1.29, 1.82) is 0 Å². The first-order valence-electron chi connectivity index (χ1n) is 5.90. The van der Waals surface area contributed by atoms with E-state index in [4.69, 9.17) is 0 Å².